The van der Waals surface area contributed by atoms with Gasteiger partial charge in [-0.25, -0.2) is 4.98 Å². The van der Waals surface area contributed by atoms with Crippen LogP contribution in [0.5, 0.6) is 0 Å². The van der Waals surface area contributed by atoms with Crippen molar-refractivity contribution in [1.82, 2.24) is 14.5 Å². The topological polar surface area (TPSA) is 59.6 Å². The van der Waals surface area contributed by atoms with Crippen LogP contribution in [0.4, 0.5) is 0 Å². The van der Waals surface area contributed by atoms with E-state index in [-0.39, 0.29) is 18.0 Å². The number of nitrogens with zero attached hydrogens (tertiary/aromatic N) is 3. The molecule has 0 atom stereocenters. The Bertz CT molecular complexity index is 1030. The van der Waals surface area contributed by atoms with E-state index < -0.39 is 0 Å². The normalized spacial score (nSPS) is 15.4. The van der Waals surface area contributed by atoms with Crippen LogP contribution in [0, 0.1) is 6.92 Å². The predicted octanol–water partition coefficient (Wildman–Crippen LogP) is 0.790. The average molecular weight is 383 g/mol. The van der Waals surface area contributed by atoms with Crippen LogP contribution in [-0.2, 0) is 11.3 Å². The molecule has 1 fully saturated rings. The Balaban J connectivity index is 1.70. The Morgan fingerprint density at radius 3 is 2.63 bits per heavy atom. The van der Waals surface area contributed by atoms with Gasteiger partial charge in [0.05, 0.1) is 44.9 Å². The zero-order valence-corrected chi connectivity index (χ0v) is 16.4. The molecular weight excluding hydrogens is 360 g/mol. The highest BCUT2D eigenvalue weighted by Crippen LogP contribution is 2.35. The van der Waals surface area contributed by atoms with Gasteiger partial charge in [-0.15, -0.1) is 11.3 Å². The minimum absolute atomic E-state index is 0.0148. The van der Waals surface area contributed by atoms with E-state index in [0.717, 1.165) is 47.0 Å². The summed E-state index contributed by atoms with van der Waals surface area (Å²) in [6.07, 6.45) is 1.51. The summed E-state index contributed by atoms with van der Waals surface area (Å²) in [7, 11) is 2.13. The van der Waals surface area contributed by atoms with Crippen molar-refractivity contribution in [2.24, 2.45) is 0 Å². The van der Waals surface area contributed by atoms with Crippen LogP contribution in [0.3, 0.4) is 0 Å². The largest absolute Gasteiger partial charge is 0.334 e. The van der Waals surface area contributed by atoms with Gasteiger partial charge in [-0.2, -0.15) is 0 Å². The molecule has 3 aromatic rings. The average Bonchev–Trinajstić information content (AvgIpc) is 3.02. The van der Waals surface area contributed by atoms with Crippen molar-refractivity contribution in [3.8, 4) is 11.1 Å². The van der Waals surface area contributed by atoms with Crippen molar-refractivity contribution in [1.29, 1.82) is 0 Å². The molecule has 0 saturated carbocycles. The van der Waals surface area contributed by atoms with Gasteiger partial charge in [-0.05, 0) is 12.5 Å². The van der Waals surface area contributed by atoms with E-state index in [4.69, 9.17) is 0 Å². The van der Waals surface area contributed by atoms with Crippen LogP contribution < -0.4 is 10.5 Å². The number of nitrogens with one attached hydrogen (secondary N) is 1. The fraction of sp³-hybridized carbons (Fsp3) is 0.350. The number of rotatable bonds is 3. The van der Waals surface area contributed by atoms with E-state index >= 15 is 0 Å². The van der Waals surface area contributed by atoms with Crippen molar-refractivity contribution in [3.63, 3.8) is 0 Å². The van der Waals surface area contributed by atoms with Gasteiger partial charge in [0.1, 0.15) is 11.4 Å². The summed E-state index contributed by atoms with van der Waals surface area (Å²) in [5.41, 5.74) is 1.79. The molecule has 1 aliphatic rings. The molecule has 3 heterocycles. The van der Waals surface area contributed by atoms with Crippen molar-refractivity contribution in [2.45, 2.75) is 13.5 Å². The minimum Gasteiger partial charge on any atom is -0.334 e. The number of thiophene rings is 1. The van der Waals surface area contributed by atoms with Crippen LogP contribution in [0.25, 0.3) is 21.3 Å². The van der Waals surface area contributed by atoms with Gasteiger partial charge in [0, 0.05) is 10.4 Å². The summed E-state index contributed by atoms with van der Waals surface area (Å²) >= 11 is 1.52. The molecule has 4 rings (SSSR count). The van der Waals surface area contributed by atoms with E-state index in [1.165, 1.54) is 27.1 Å². The molecule has 1 amide bonds. The van der Waals surface area contributed by atoms with Crippen molar-refractivity contribution in [2.75, 3.05) is 33.2 Å². The second-order valence-electron chi connectivity index (χ2n) is 7.09. The number of carbonyl (C=O) groups excluding carboxylic acids is 1. The van der Waals surface area contributed by atoms with Crippen molar-refractivity contribution in [3.05, 3.63) is 51.9 Å². The molecule has 0 radical (unpaired) electrons. The van der Waals surface area contributed by atoms with Gasteiger partial charge in [0.2, 0.25) is 5.91 Å². The van der Waals surface area contributed by atoms with Crippen molar-refractivity contribution < 1.29 is 9.69 Å². The maximum absolute atomic E-state index is 13.2. The second kappa shape index (κ2) is 7.25. The fourth-order valence-corrected chi connectivity index (χ4v) is 4.59. The Kier molecular flexibility index (Phi) is 4.80. The third-order valence-corrected chi connectivity index (χ3v) is 6.21. The molecule has 1 N–H and O–H groups in total. The van der Waals surface area contributed by atoms with Crippen LogP contribution in [0.2, 0.25) is 0 Å². The standard InChI is InChI=1S/C20H22N4O2S/c1-14-17(15-6-4-3-5-7-15)18-19(27-14)21-13-24(20(18)26)12-16(25)23-10-8-22(2)9-11-23/h3-7,13H,8-12H2,1-2H3/p+1. The number of aromatic nitrogens is 2. The molecule has 1 saturated heterocycles. The monoisotopic (exact) mass is 383 g/mol. The highest BCUT2D eigenvalue weighted by Gasteiger charge is 2.23. The Hall–Kier alpha value is -2.51. The van der Waals surface area contributed by atoms with Crippen molar-refractivity contribution >= 4 is 27.5 Å². The van der Waals surface area contributed by atoms with Gasteiger partial charge in [-0.1, -0.05) is 30.3 Å². The molecule has 2 aromatic heterocycles. The van der Waals surface area contributed by atoms with E-state index in [1.807, 2.05) is 42.2 Å². The van der Waals surface area contributed by atoms with Gasteiger partial charge in [0.15, 0.2) is 0 Å². The smallest absolute Gasteiger partial charge is 0.263 e. The molecule has 1 aromatic carbocycles. The Labute approximate surface area is 161 Å². The van der Waals surface area contributed by atoms with Crippen LogP contribution in [0.15, 0.2) is 41.5 Å². The van der Waals surface area contributed by atoms with Crippen LogP contribution >= 0.6 is 11.3 Å². The maximum atomic E-state index is 13.2. The maximum Gasteiger partial charge on any atom is 0.263 e. The van der Waals surface area contributed by atoms with Gasteiger partial charge >= 0.3 is 0 Å². The first-order chi connectivity index (χ1) is 13.0. The quantitative estimate of drug-likeness (QED) is 0.728. The molecule has 0 bridgehead atoms. The lowest BCUT2D eigenvalue weighted by Crippen LogP contribution is -3.12. The lowest BCUT2D eigenvalue weighted by molar-refractivity contribution is -0.883. The van der Waals surface area contributed by atoms with E-state index in [2.05, 4.69) is 12.0 Å². The minimum atomic E-state index is -0.142. The first-order valence-corrected chi connectivity index (χ1v) is 9.99. The number of hydrogen-bond donors (Lipinski definition) is 1. The lowest BCUT2D eigenvalue weighted by Gasteiger charge is -2.30. The number of quaternary nitrogens is 1. The molecule has 140 valence electrons. The molecule has 27 heavy (non-hydrogen) atoms. The number of hydrogen-bond acceptors (Lipinski definition) is 4. The third kappa shape index (κ3) is 3.40. The zero-order chi connectivity index (χ0) is 19.0. The Morgan fingerprint density at radius 2 is 1.93 bits per heavy atom. The second-order valence-corrected chi connectivity index (χ2v) is 8.30. The molecule has 0 unspecified atom stereocenters. The number of piperazine rings is 1. The summed E-state index contributed by atoms with van der Waals surface area (Å²) in [5.74, 6) is -0.0148. The lowest BCUT2D eigenvalue weighted by atomic mass is 10.0. The summed E-state index contributed by atoms with van der Waals surface area (Å²) in [5, 5.41) is 0.613. The van der Waals surface area contributed by atoms with E-state index in [9.17, 15) is 9.59 Å². The van der Waals surface area contributed by atoms with Crippen LogP contribution in [0.1, 0.15) is 4.88 Å². The van der Waals surface area contributed by atoms with Crippen LogP contribution in [-0.4, -0.2) is 53.6 Å². The zero-order valence-electron chi connectivity index (χ0n) is 15.6. The molecule has 6 nitrogen and oxygen atoms in total. The molecule has 7 heteroatoms. The first kappa shape index (κ1) is 17.9. The summed E-state index contributed by atoms with van der Waals surface area (Å²) in [4.78, 5) is 35.3. The molecular formula is C20H23N4O2S+. The van der Waals surface area contributed by atoms with E-state index in [1.54, 1.807) is 0 Å². The summed E-state index contributed by atoms with van der Waals surface area (Å²) < 4.78 is 1.45. The number of amides is 1. The Morgan fingerprint density at radius 1 is 1.22 bits per heavy atom. The highest BCUT2D eigenvalue weighted by molar-refractivity contribution is 7.19. The molecule has 0 spiro atoms. The third-order valence-electron chi connectivity index (χ3n) is 5.19. The number of fused-ring (bicyclic) bond motifs is 1. The predicted molar refractivity (Wildman–Crippen MR) is 107 cm³/mol. The fourth-order valence-electron chi connectivity index (χ4n) is 3.59. The molecule has 1 aliphatic heterocycles. The number of carbonyl (C=O) groups is 1. The first-order valence-electron chi connectivity index (χ1n) is 9.17. The SMILES string of the molecule is Cc1sc2ncn(CC(=O)N3CC[NH+](C)CC3)c(=O)c2c1-c1ccccc1. The summed E-state index contributed by atoms with van der Waals surface area (Å²) in [6, 6.07) is 9.89. The number of benzene rings is 1. The van der Waals surface area contributed by atoms with Gasteiger partial charge < -0.3 is 9.80 Å². The molecule has 0 aliphatic carbocycles. The highest BCUT2D eigenvalue weighted by atomic mass is 32.1. The number of aryl methyl sites for hydroxylation is 1. The summed E-state index contributed by atoms with van der Waals surface area (Å²) in [6.45, 7) is 5.42. The number of likely N-dealkylation sites (N-methyl/N-ethyl adjacent to an activating group) is 1. The van der Waals surface area contributed by atoms with Gasteiger partial charge in [0.25, 0.3) is 5.56 Å². The van der Waals surface area contributed by atoms with Gasteiger partial charge in [-0.3, -0.25) is 14.2 Å². The van der Waals surface area contributed by atoms with E-state index in [0.29, 0.717) is 5.39 Å².